The standard InChI is InChI=1S/C14H22N2/c1-4-5-6-10-13(16-15)14-11(2)8-7-9-12(14)3/h4,7-9,13,16H,1,5-6,10,15H2,2-3H3. The summed E-state index contributed by atoms with van der Waals surface area (Å²) < 4.78 is 0. The van der Waals surface area contributed by atoms with Gasteiger partial charge in [-0.2, -0.15) is 0 Å². The first-order valence-electron chi connectivity index (χ1n) is 5.83. The van der Waals surface area contributed by atoms with E-state index in [1.807, 2.05) is 6.08 Å². The number of aryl methyl sites for hydroxylation is 2. The summed E-state index contributed by atoms with van der Waals surface area (Å²) in [6, 6.07) is 6.62. The molecule has 1 unspecified atom stereocenters. The summed E-state index contributed by atoms with van der Waals surface area (Å²) in [6.07, 6.45) is 5.17. The van der Waals surface area contributed by atoms with Crippen LogP contribution in [0.4, 0.5) is 0 Å². The zero-order chi connectivity index (χ0) is 12.0. The molecule has 0 aliphatic carbocycles. The summed E-state index contributed by atoms with van der Waals surface area (Å²) in [5.74, 6) is 5.65. The maximum atomic E-state index is 5.65. The molecule has 0 bridgehead atoms. The lowest BCUT2D eigenvalue weighted by Crippen LogP contribution is -2.29. The van der Waals surface area contributed by atoms with Gasteiger partial charge in [0, 0.05) is 6.04 Å². The molecule has 1 atom stereocenters. The van der Waals surface area contributed by atoms with Gasteiger partial charge in [0.15, 0.2) is 0 Å². The van der Waals surface area contributed by atoms with Gasteiger partial charge in [-0.15, -0.1) is 6.58 Å². The predicted octanol–water partition coefficient (Wildman–Crippen LogP) is 3.16. The third-order valence-corrected chi connectivity index (χ3v) is 2.99. The normalized spacial score (nSPS) is 12.4. The highest BCUT2D eigenvalue weighted by Crippen LogP contribution is 2.25. The van der Waals surface area contributed by atoms with Crippen LogP contribution in [0.5, 0.6) is 0 Å². The van der Waals surface area contributed by atoms with Gasteiger partial charge in [-0.25, -0.2) is 0 Å². The van der Waals surface area contributed by atoms with Gasteiger partial charge in [0.05, 0.1) is 0 Å². The second-order valence-corrected chi connectivity index (χ2v) is 4.24. The molecule has 0 aromatic heterocycles. The molecule has 0 fully saturated rings. The molecular weight excluding hydrogens is 196 g/mol. The molecule has 1 aromatic carbocycles. The van der Waals surface area contributed by atoms with E-state index in [2.05, 4.69) is 44.1 Å². The number of nitrogens with one attached hydrogen (secondary N) is 1. The molecule has 1 aromatic rings. The third-order valence-electron chi connectivity index (χ3n) is 2.99. The molecule has 2 heteroatoms. The third kappa shape index (κ3) is 3.19. The molecule has 88 valence electrons. The van der Waals surface area contributed by atoms with Crippen molar-refractivity contribution < 1.29 is 0 Å². The van der Waals surface area contributed by atoms with Gasteiger partial charge < -0.3 is 0 Å². The van der Waals surface area contributed by atoms with Crippen LogP contribution in [-0.2, 0) is 0 Å². The number of nitrogens with two attached hydrogens (primary N) is 1. The van der Waals surface area contributed by atoms with Crippen molar-refractivity contribution in [3.63, 3.8) is 0 Å². The SMILES string of the molecule is C=CCCCC(NN)c1c(C)cccc1C. The Morgan fingerprint density at radius 1 is 1.38 bits per heavy atom. The van der Waals surface area contributed by atoms with E-state index in [0.29, 0.717) is 0 Å². The van der Waals surface area contributed by atoms with Gasteiger partial charge >= 0.3 is 0 Å². The molecule has 0 aliphatic heterocycles. The van der Waals surface area contributed by atoms with Crippen LogP contribution >= 0.6 is 0 Å². The molecule has 0 spiro atoms. The Kier molecular flexibility index (Phi) is 5.23. The lowest BCUT2D eigenvalue weighted by atomic mass is 9.93. The van der Waals surface area contributed by atoms with Crippen LogP contribution in [0.25, 0.3) is 0 Å². The Labute approximate surface area is 98.5 Å². The molecule has 0 radical (unpaired) electrons. The minimum Gasteiger partial charge on any atom is -0.271 e. The van der Waals surface area contributed by atoms with Gasteiger partial charge in [-0.1, -0.05) is 24.3 Å². The fourth-order valence-electron chi connectivity index (χ4n) is 2.15. The van der Waals surface area contributed by atoms with Crippen molar-refractivity contribution in [2.75, 3.05) is 0 Å². The van der Waals surface area contributed by atoms with E-state index in [1.54, 1.807) is 0 Å². The van der Waals surface area contributed by atoms with Crippen molar-refractivity contribution in [2.45, 2.75) is 39.2 Å². The fraction of sp³-hybridized carbons (Fsp3) is 0.429. The van der Waals surface area contributed by atoms with Crippen molar-refractivity contribution in [3.8, 4) is 0 Å². The lowest BCUT2D eigenvalue weighted by Gasteiger charge is -2.20. The van der Waals surface area contributed by atoms with Gasteiger partial charge in [-0.05, 0) is 49.8 Å². The van der Waals surface area contributed by atoms with Crippen LogP contribution in [0.1, 0.15) is 42.0 Å². The van der Waals surface area contributed by atoms with Crippen molar-refractivity contribution >= 4 is 0 Å². The Bertz CT molecular complexity index is 324. The first kappa shape index (κ1) is 12.9. The van der Waals surface area contributed by atoms with E-state index in [-0.39, 0.29) is 6.04 Å². The maximum Gasteiger partial charge on any atom is 0.0465 e. The molecule has 0 aliphatic rings. The average molecular weight is 218 g/mol. The van der Waals surface area contributed by atoms with Crippen molar-refractivity contribution in [1.29, 1.82) is 0 Å². The van der Waals surface area contributed by atoms with Gasteiger partial charge in [0.1, 0.15) is 0 Å². The van der Waals surface area contributed by atoms with Crippen molar-refractivity contribution in [3.05, 3.63) is 47.5 Å². The zero-order valence-electron chi connectivity index (χ0n) is 10.3. The van der Waals surface area contributed by atoms with Crippen LogP contribution in [0, 0.1) is 13.8 Å². The van der Waals surface area contributed by atoms with E-state index in [9.17, 15) is 0 Å². The van der Waals surface area contributed by atoms with Gasteiger partial charge in [-0.3, -0.25) is 11.3 Å². The van der Waals surface area contributed by atoms with Gasteiger partial charge in [0.2, 0.25) is 0 Å². The first-order valence-corrected chi connectivity index (χ1v) is 5.83. The number of benzene rings is 1. The van der Waals surface area contributed by atoms with Crippen LogP contribution in [0.2, 0.25) is 0 Å². The van der Waals surface area contributed by atoms with Crippen molar-refractivity contribution in [2.24, 2.45) is 5.84 Å². The zero-order valence-corrected chi connectivity index (χ0v) is 10.3. The van der Waals surface area contributed by atoms with E-state index >= 15 is 0 Å². The van der Waals surface area contributed by atoms with Crippen LogP contribution in [-0.4, -0.2) is 0 Å². The maximum absolute atomic E-state index is 5.65. The number of hydrogen-bond acceptors (Lipinski definition) is 2. The molecule has 1 rings (SSSR count). The highest BCUT2D eigenvalue weighted by Gasteiger charge is 2.13. The van der Waals surface area contributed by atoms with Crippen molar-refractivity contribution in [1.82, 2.24) is 5.43 Å². The summed E-state index contributed by atoms with van der Waals surface area (Å²) in [7, 11) is 0. The Morgan fingerprint density at radius 3 is 2.50 bits per heavy atom. The van der Waals surface area contributed by atoms with Crippen LogP contribution in [0.3, 0.4) is 0 Å². The topological polar surface area (TPSA) is 38.0 Å². The smallest absolute Gasteiger partial charge is 0.0465 e. The Morgan fingerprint density at radius 2 is 2.00 bits per heavy atom. The van der Waals surface area contributed by atoms with E-state index in [4.69, 9.17) is 5.84 Å². The fourth-order valence-corrected chi connectivity index (χ4v) is 2.15. The molecule has 0 saturated heterocycles. The summed E-state index contributed by atoms with van der Waals surface area (Å²) >= 11 is 0. The monoisotopic (exact) mass is 218 g/mol. The summed E-state index contributed by atoms with van der Waals surface area (Å²) in [5, 5.41) is 0. The second kappa shape index (κ2) is 6.46. The number of unbranched alkanes of at least 4 members (excludes halogenated alkanes) is 1. The largest absolute Gasteiger partial charge is 0.271 e. The average Bonchev–Trinajstić information content (AvgIpc) is 2.26. The molecular formula is C14H22N2. The molecule has 2 nitrogen and oxygen atoms in total. The molecule has 16 heavy (non-hydrogen) atoms. The number of hydrazine groups is 1. The highest BCUT2D eigenvalue weighted by molar-refractivity contribution is 5.36. The van der Waals surface area contributed by atoms with E-state index < -0.39 is 0 Å². The Balaban J connectivity index is 2.81. The molecule has 0 heterocycles. The summed E-state index contributed by atoms with van der Waals surface area (Å²) in [4.78, 5) is 0. The molecule has 0 amide bonds. The second-order valence-electron chi connectivity index (χ2n) is 4.24. The first-order chi connectivity index (χ1) is 7.70. The lowest BCUT2D eigenvalue weighted by molar-refractivity contribution is 0.497. The minimum atomic E-state index is 0.251. The van der Waals surface area contributed by atoms with Crippen LogP contribution in [0.15, 0.2) is 30.9 Å². The molecule has 0 saturated carbocycles. The quantitative estimate of drug-likeness (QED) is 0.333. The van der Waals surface area contributed by atoms with Gasteiger partial charge in [0.25, 0.3) is 0 Å². The minimum absolute atomic E-state index is 0.251. The number of allylic oxidation sites excluding steroid dienone is 1. The highest BCUT2D eigenvalue weighted by atomic mass is 15.2. The van der Waals surface area contributed by atoms with E-state index in [0.717, 1.165) is 19.3 Å². The number of rotatable bonds is 6. The summed E-state index contributed by atoms with van der Waals surface area (Å²) in [5.41, 5.74) is 6.88. The van der Waals surface area contributed by atoms with E-state index in [1.165, 1.54) is 16.7 Å². The van der Waals surface area contributed by atoms with Crippen LogP contribution < -0.4 is 11.3 Å². The predicted molar refractivity (Wildman–Crippen MR) is 70.0 cm³/mol. The molecule has 3 N–H and O–H groups in total. The Hall–Kier alpha value is -1.12. The number of hydrogen-bond donors (Lipinski definition) is 2. The summed E-state index contributed by atoms with van der Waals surface area (Å²) in [6.45, 7) is 8.02.